The number of aliphatic hydroxyl groups is 3. The molecule has 242 valence electrons. The molecule has 5 atom stereocenters. The number of aromatic hydroxyl groups is 5. The first-order valence-corrected chi connectivity index (χ1v) is 13.5. The lowest BCUT2D eigenvalue weighted by atomic mass is 9.99. The topological polar surface area (TPSA) is 246 Å². The number of aliphatic hydroxyl groups excluding tert-OH is 3. The highest BCUT2D eigenvalue weighted by atomic mass is 16.7. The minimum Gasteiger partial charge on any atom is -0.508 e. The van der Waals surface area contributed by atoms with Gasteiger partial charge in [-0.15, -0.1) is 0 Å². The first-order chi connectivity index (χ1) is 21.9. The van der Waals surface area contributed by atoms with Gasteiger partial charge >= 0.3 is 5.97 Å². The molecule has 46 heavy (non-hydrogen) atoms. The number of rotatable bonds is 8. The Balaban J connectivity index is 1.41. The van der Waals surface area contributed by atoms with E-state index in [0.29, 0.717) is 5.56 Å². The van der Waals surface area contributed by atoms with Crippen LogP contribution < -0.4 is 14.9 Å². The molecule has 1 aliphatic heterocycles. The van der Waals surface area contributed by atoms with Crippen LogP contribution in [0, 0.1) is 0 Å². The van der Waals surface area contributed by atoms with Crippen LogP contribution in [0.15, 0.2) is 63.8 Å². The largest absolute Gasteiger partial charge is 0.508 e. The predicted molar refractivity (Wildman–Crippen MR) is 157 cm³/mol. The van der Waals surface area contributed by atoms with Crippen molar-refractivity contribution in [2.24, 2.45) is 0 Å². The van der Waals surface area contributed by atoms with Crippen LogP contribution >= 0.6 is 0 Å². The van der Waals surface area contributed by atoms with Gasteiger partial charge in [-0.2, -0.15) is 0 Å². The predicted octanol–water partition coefficient (Wildman–Crippen LogP) is 1.44. The average Bonchev–Trinajstić information content (AvgIpc) is 3.02. The van der Waals surface area contributed by atoms with Crippen molar-refractivity contribution in [2.75, 3.05) is 13.7 Å². The number of phenolic OH excluding ortho intramolecular Hbond substituents is 5. The summed E-state index contributed by atoms with van der Waals surface area (Å²) in [5.41, 5.74) is -0.847. The zero-order chi connectivity index (χ0) is 33.3. The van der Waals surface area contributed by atoms with Gasteiger partial charge in [0.05, 0.1) is 7.11 Å². The summed E-state index contributed by atoms with van der Waals surface area (Å²) in [5.74, 6) is -4.12. The molecule has 8 N–H and O–H groups in total. The van der Waals surface area contributed by atoms with E-state index in [1.165, 1.54) is 37.5 Å². The minimum atomic E-state index is -1.96. The Morgan fingerprint density at radius 3 is 2.33 bits per heavy atom. The zero-order valence-corrected chi connectivity index (χ0v) is 23.8. The summed E-state index contributed by atoms with van der Waals surface area (Å²) in [6, 6.07) is 9.60. The zero-order valence-electron chi connectivity index (χ0n) is 23.8. The van der Waals surface area contributed by atoms with E-state index >= 15 is 0 Å². The SMILES string of the molecule is COc1cc(/C=C/C(=O)OC[C@H]2O[C@@H](Oc3c(-c4ccc(O)c(O)c4)oc4cc(O)cc(O)c4c3=O)[C@H](O)[C@@H](O)[C@@H]2O)ccc1O. The monoisotopic (exact) mass is 640 g/mol. The number of carbonyl (C=O) groups is 1. The highest BCUT2D eigenvalue weighted by molar-refractivity contribution is 5.88. The molecule has 0 aliphatic carbocycles. The molecule has 1 fully saturated rings. The van der Waals surface area contributed by atoms with Crippen LogP contribution in [0.2, 0.25) is 0 Å². The van der Waals surface area contributed by atoms with Crippen molar-refractivity contribution in [3.63, 3.8) is 0 Å². The molecule has 3 aromatic carbocycles. The Hall–Kier alpha value is -5.48. The lowest BCUT2D eigenvalue weighted by Gasteiger charge is -2.39. The number of hydrogen-bond acceptors (Lipinski definition) is 15. The normalized spacial score (nSPS) is 21.3. The summed E-state index contributed by atoms with van der Waals surface area (Å²) in [7, 11) is 1.36. The van der Waals surface area contributed by atoms with Gasteiger partial charge in [0.2, 0.25) is 17.5 Å². The van der Waals surface area contributed by atoms with E-state index in [0.717, 1.165) is 30.3 Å². The first kappa shape index (κ1) is 31.9. The third-order valence-electron chi connectivity index (χ3n) is 7.06. The third kappa shape index (κ3) is 6.33. The molecule has 1 aromatic heterocycles. The standard InChI is InChI=1S/C31H28O15/c1-42-20-8-13(2-5-17(20)34)3-7-23(37)43-12-22-25(38)27(40)28(41)31(45-22)46-30-26(39)24-19(36)10-15(32)11-21(24)44-29(30)14-4-6-16(33)18(35)9-14/h2-11,22,25,27-28,31-36,38,40-41H,12H2,1H3/b7-3+/t22-,25-,27+,28-,31+/m1/s1. The van der Waals surface area contributed by atoms with Crippen LogP contribution in [0.5, 0.6) is 40.2 Å². The second-order valence-corrected chi connectivity index (χ2v) is 10.2. The van der Waals surface area contributed by atoms with E-state index in [1.54, 1.807) is 0 Å². The molecule has 1 aliphatic rings. The van der Waals surface area contributed by atoms with Gasteiger partial charge in [0.1, 0.15) is 53.5 Å². The Morgan fingerprint density at radius 1 is 0.870 bits per heavy atom. The summed E-state index contributed by atoms with van der Waals surface area (Å²) in [6.07, 6.45) is -6.60. The van der Waals surface area contributed by atoms with Crippen LogP contribution in [-0.2, 0) is 14.3 Å². The smallest absolute Gasteiger partial charge is 0.330 e. The molecular weight excluding hydrogens is 612 g/mol. The van der Waals surface area contributed by atoms with E-state index < -0.39 is 88.6 Å². The van der Waals surface area contributed by atoms with Crippen molar-refractivity contribution in [1.82, 2.24) is 0 Å². The quantitative estimate of drug-likeness (QED) is 0.0771. The maximum absolute atomic E-state index is 13.6. The fourth-order valence-electron chi connectivity index (χ4n) is 4.67. The number of phenols is 5. The molecule has 0 radical (unpaired) electrons. The van der Waals surface area contributed by atoms with E-state index in [9.17, 15) is 50.4 Å². The Bertz CT molecular complexity index is 1860. The third-order valence-corrected chi connectivity index (χ3v) is 7.06. The van der Waals surface area contributed by atoms with Crippen LogP contribution in [0.3, 0.4) is 0 Å². The van der Waals surface area contributed by atoms with Crippen molar-refractivity contribution in [3.05, 3.63) is 70.4 Å². The number of ether oxygens (including phenoxy) is 4. The van der Waals surface area contributed by atoms with Crippen LogP contribution in [0.4, 0.5) is 0 Å². The molecule has 0 amide bonds. The molecule has 15 nitrogen and oxygen atoms in total. The molecule has 2 heterocycles. The Morgan fingerprint density at radius 2 is 1.61 bits per heavy atom. The second-order valence-electron chi connectivity index (χ2n) is 10.2. The first-order valence-electron chi connectivity index (χ1n) is 13.5. The number of carbonyl (C=O) groups excluding carboxylic acids is 1. The average molecular weight is 641 g/mol. The van der Waals surface area contributed by atoms with Crippen molar-refractivity contribution in [3.8, 4) is 51.6 Å². The summed E-state index contributed by atoms with van der Waals surface area (Å²) in [5, 5.41) is 81.1. The number of methoxy groups -OCH3 is 1. The highest BCUT2D eigenvalue weighted by Crippen LogP contribution is 2.39. The van der Waals surface area contributed by atoms with Crippen LogP contribution in [-0.4, -0.2) is 91.2 Å². The van der Waals surface area contributed by atoms with E-state index in [1.807, 2.05) is 0 Å². The van der Waals surface area contributed by atoms with E-state index in [2.05, 4.69) is 0 Å². The van der Waals surface area contributed by atoms with Gasteiger partial charge in [-0.25, -0.2) is 4.79 Å². The number of fused-ring (bicyclic) bond motifs is 1. The second kappa shape index (κ2) is 12.9. The van der Waals surface area contributed by atoms with Crippen molar-refractivity contribution in [2.45, 2.75) is 30.7 Å². The number of hydrogen-bond donors (Lipinski definition) is 8. The molecule has 5 rings (SSSR count). The molecule has 0 unspecified atom stereocenters. The Labute approximate surface area is 258 Å². The molecule has 0 saturated carbocycles. The lowest BCUT2D eigenvalue weighted by molar-refractivity contribution is -0.278. The summed E-state index contributed by atoms with van der Waals surface area (Å²) >= 11 is 0. The summed E-state index contributed by atoms with van der Waals surface area (Å²) in [6.45, 7) is -0.641. The van der Waals surface area contributed by atoms with Gasteiger partial charge in [0, 0.05) is 23.8 Å². The fraction of sp³-hybridized carbons (Fsp3) is 0.226. The van der Waals surface area contributed by atoms with Gasteiger partial charge in [-0.3, -0.25) is 4.79 Å². The maximum Gasteiger partial charge on any atom is 0.330 e. The molecular formula is C31H28O15. The van der Waals surface area contributed by atoms with Crippen molar-refractivity contribution >= 4 is 23.0 Å². The van der Waals surface area contributed by atoms with Gasteiger partial charge < -0.3 is 64.2 Å². The lowest BCUT2D eigenvalue weighted by Crippen LogP contribution is -2.60. The van der Waals surface area contributed by atoms with E-state index in [-0.39, 0.29) is 22.6 Å². The minimum absolute atomic E-state index is 0.0264. The van der Waals surface area contributed by atoms with Gasteiger partial charge in [0.15, 0.2) is 28.8 Å². The highest BCUT2D eigenvalue weighted by Gasteiger charge is 2.46. The van der Waals surface area contributed by atoms with Crippen LogP contribution in [0.1, 0.15) is 5.56 Å². The molecule has 4 aromatic rings. The number of benzene rings is 3. The summed E-state index contributed by atoms with van der Waals surface area (Å²) < 4.78 is 27.2. The van der Waals surface area contributed by atoms with Gasteiger partial charge in [-0.05, 0) is 42.0 Å². The van der Waals surface area contributed by atoms with Gasteiger partial charge in [0.25, 0.3) is 0 Å². The van der Waals surface area contributed by atoms with E-state index in [4.69, 9.17) is 23.4 Å². The van der Waals surface area contributed by atoms with Gasteiger partial charge in [-0.1, -0.05) is 6.07 Å². The summed E-state index contributed by atoms with van der Waals surface area (Å²) in [4.78, 5) is 26.0. The van der Waals surface area contributed by atoms with Crippen molar-refractivity contribution in [1.29, 1.82) is 0 Å². The molecule has 0 bridgehead atoms. The molecule has 15 heteroatoms. The van der Waals surface area contributed by atoms with Crippen LogP contribution in [0.25, 0.3) is 28.4 Å². The number of esters is 1. The fourth-order valence-corrected chi connectivity index (χ4v) is 4.67. The molecule has 0 spiro atoms. The maximum atomic E-state index is 13.6. The molecule has 1 saturated heterocycles. The Kier molecular flexibility index (Phi) is 8.93. The van der Waals surface area contributed by atoms with Crippen molar-refractivity contribution < 1.29 is 69.0 Å².